The summed E-state index contributed by atoms with van der Waals surface area (Å²) in [5.41, 5.74) is 0.730. The van der Waals surface area contributed by atoms with E-state index in [1.807, 2.05) is 18.2 Å². The molecule has 0 N–H and O–H groups in total. The molecule has 1 aromatic carbocycles. The Morgan fingerprint density at radius 1 is 1.31 bits per heavy atom. The predicted octanol–water partition coefficient (Wildman–Crippen LogP) is 2.39. The summed E-state index contributed by atoms with van der Waals surface area (Å²) >= 11 is 5.96. The molecule has 3 heteroatoms. The van der Waals surface area contributed by atoms with E-state index in [4.69, 9.17) is 16.3 Å². The van der Waals surface area contributed by atoms with E-state index in [0.29, 0.717) is 0 Å². The molecule has 1 rings (SSSR count). The fourth-order valence-electron chi connectivity index (χ4n) is 1.28. The highest BCUT2D eigenvalue weighted by molar-refractivity contribution is 6.94. The number of rotatable bonds is 3. The van der Waals surface area contributed by atoms with Gasteiger partial charge in [0.25, 0.3) is 0 Å². The van der Waals surface area contributed by atoms with Crippen LogP contribution in [0.4, 0.5) is 0 Å². The van der Waals surface area contributed by atoms with Crippen molar-refractivity contribution in [2.75, 3.05) is 12.6 Å². The molecule has 0 radical (unpaired) electrons. The number of methoxy groups -OCH3 is 1. The van der Waals surface area contributed by atoms with Crippen LogP contribution in [0.2, 0.25) is 13.1 Å². The van der Waals surface area contributed by atoms with Gasteiger partial charge >= 0.3 is 0 Å². The van der Waals surface area contributed by atoms with Gasteiger partial charge in [-0.25, -0.2) is 0 Å². The lowest BCUT2D eigenvalue weighted by atomic mass is 10.3. The summed E-state index contributed by atoms with van der Waals surface area (Å²) in [5, 5.41) is 1.30. The molecular formula is C10H15ClOSi. The molecule has 0 saturated carbocycles. The lowest BCUT2D eigenvalue weighted by Gasteiger charge is -2.21. The summed E-state index contributed by atoms with van der Waals surface area (Å²) in [5.74, 6) is 0.972. The fraction of sp³-hybridized carbons (Fsp3) is 0.400. The molecule has 0 amide bonds. The lowest BCUT2D eigenvalue weighted by Crippen LogP contribution is -2.44. The third-order valence-corrected chi connectivity index (χ3v) is 6.71. The second kappa shape index (κ2) is 4.16. The summed E-state index contributed by atoms with van der Waals surface area (Å²) < 4.78 is 5.31. The van der Waals surface area contributed by atoms with Crippen molar-refractivity contribution in [1.29, 1.82) is 0 Å². The summed E-state index contributed by atoms with van der Waals surface area (Å²) in [6.07, 6.45) is 0. The zero-order valence-electron chi connectivity index (χ0n) is 8.30. The minimum absolute atomic E-state index is 0.730. The summed E-state index contributed by atoms with van der Waals surface area (Å²) in [4.78, 5) is 0. The molecule has 0 aliphatic carbocycles. The molecule has 0 spiro atoms. The smallest absolute Gasteiger partial charge is 0.118 e. The largest absolute Gasteiger partial charge is 0.497 e. The second-order valence-electron chi connectivity index (χ2n) is 3.72. The topological polar surface area (TPSA) is 9.23 Å². The van der Waals surface area contributed by atoms with Gasteiger partial charge in [0.1, 0.15) is 13.8 Å². The average molecular weight is 215 g/mol. The second-order valence-corrected chi connectivity index (χ2v) is 9.09. The van der Waals surface area contributed by atoms with Crippen molar-refractivity contribution < 1.29 is 4.74 Å². The highest BCUT2D eigenvalue weighted by atomic mass is 35.5. The molecule has 1 nitrogen and oxygen atoms in total. The van der Waals surface area contributed by atoms with Gasteiger partial charge in [0, 0.05) is 5.50 Å². The van der Waals surface area contributed by atoms with Gasteiger partial charge in [0.2, 0.25) is 0 Å². The first-order chi connectivity index (χ1) is 6.11. The van der Waals surface area contributed by atoms with E-state index >= 15 is 0 Å². The molecule has 1 aromatic rings. The number of ether oxygens (including phenoxy) is 1. The zero-order valence-corrected chi connectivity index (χ0v) is 10.1. The van der Waals surface area contributed by atoms with Gasteiger partial charge in [-0.3, -0.25) is 0 Å². The normalized spacial score (nSPS) is 11.4. The molecule has 0 atom stereocenters. The Labute approximate surface area is 85.7 Å². The van der Waals surface area contributed by atoms with Crippen LogP contribution in [0.1, 0.15) is 0 Å². The van der Waals surface area contributed by atoms with Crippen LogP contribution >= 0.6 is 11.6 Å². The highest BCUT2D eigenvalue weighted by Crippen LogP contribution is 2.14. The van der Waals surface area contributed by atoms with Crippen LogP contribution < -0.4 is 9.92 Å². The molecule has 0 heterocycles. The first-order valence-electron chi connectivity index (χ1n) is 4.31. The highest BCUT2D eigenvalue weighted by Gasteiger charge is 2.25. The predicted molar refractivity (Wildman–Crippen MR) is 60.8 cm³/mol. The first kappa shape index (κ1) is 10.6. The number of alkyl halides is 1. The van der Waals surface area contributed by atoms with Crippen LogP contribution in [0.15, 0.2) is 24.3 Å². The first-order valence-corrected chi connectivity index (χ1v) is 8.05. The van der Waals surface area contributed by atoms with Crippen LogP contribution in [0.5, 0.6) is 5.75 Å². The number of halogens is 1. The molecule has 0 aliphatic heterocycles. The standard InChI is InChI=1S/C10H15ClOSi/c1-12-9-6-4-5-7-10(9)13(2,3)8-11/h4-7H,8H2,1-3H3. The zero-order chi connectivity index (χ0) is 9.90. The molecule has 0 saturated heterocycles. The lowest BCUT2D eigenvalue weighted by molar-refractivity contribution is 0.418. The molecule has 0 unspecified atom stereocenters. The van der Waals surface area contributed by atoms with E-state index in [-0.39, 0.29) is 0 Å². The minimum atomic E-state index is -1.48. The van der Waals surface area contributed by atoms with E-state index < -0.39 is 8.07 Å². The third kappa shape index (κ3) is 2.26. The van der Waals surface area contributed by atoms with Crippen molar-refractivity contribution >= 4 is 24.9 Å². The maximum atomic E-state index is 5.96. The van der Waals surface area contributed by atoms with Crippen LogP contribution in [0, 0.1) is 0 Å². The van der Waals surface area contributed by atoms with Crippen molar-refractivity contribution in [1.82, 2.24) is 0 Å². The Morgan fingerprint density at radius 3 is 2.46 bits per heavy atom. The van der Waals surface area contributed by atoms with E-state index in [1.54, 1.807) is 7.11 Å². The average Bonchev–Trinajstić information content (AvgIpc) is 2.18. The van der Waals surface area contributed by atoms with Crippen LogP contribution in [0.3, 0.4) is 0 Å². The van der Waals surface area contributed by atoms with Gasteiger partial charge in [-0.1, -0.05) is 31.3 Å². The maximum absolute atomic E-state index is 5.96. The summed E-state index contributed by atoms with van der Waals surface area (Å²) in [6.45, 7) is 4.50. The Kier molecular flexibility index (Phi) is 3.39. The van der Waals surface area contributed by atoms with Gasteiger partial charge in [0.15, 0.2) is 0 Å². The molecule has 0 fully saturated rings. The van der Waals surface area contributed by atoms with Gasteiger partial charge in [0.05, 0.1) is 7.11 Å². The van der Waals surface area contributed by atoms with Gasteiger partial charge < -0.3 is 4.74 Å². The van der Waals surface area contributed by atoms with Gasteiger partial charge in [-0.15, -0.1) is 11.6 Å². The Bertz CT molecular complexity index is 286. The number of hydrogen-bond acceptors (Lipinski definition) is 1. The van der Waals surface area contributed by atoms with Gasteiger partial charge in [-0.05, 0) is 11.3 Å². The summed E-state index contributed by atoms with van der Waals surface area (Å²) in [7, 11) is 0.227. The van der Waals surface area contributed by atoms with Gasteiger partial charge in [-0.2, -0.15) is 0 Å². The molecular weight excluding hydrogens is 200 g/mol. The molecule has 13 heavy (non-hydrogen) atoms. The van der Waals surface area contributed by atoms with Crippen LogP contribution in [-0.4, -0.2) is 20.7 Å². The summed E-state index contributed by atoms with van der Waals surface area (Å²) in [6, 6.07) is 8.14. The number of hydrogen-bond donors (Lipinski definition) is 0. The van der Waals surface area contributed by atoms with E-state index in [9.17, 15) is 0 Å². The van der Waals surface area contributed by atoms with Crippen molar-refractivity contribution in [3.05, 3.63) is 24.3 Å². The van der Waals surface area contributed by atoms with E-state index in [2.05, 4.69) is 19.2 Å². The van der Waals surface area contributed by atoms with Crippen molar-refractivity contribution in [2.24, 2.45) is 0 Å². The third-order valence-electron chi connectivity index (χ3n) is 2.17. The Morgan fingerprint density at radius 2 is 1.92 bits per heavy atom. The number of benzene rings is 1. The Hall–Kier alpha value is -0.473. The van der Waals surface area contributed by atoms with Crippen LogP contribution in [0.25, 0.3) is 0 Å². The SMILES string of the molecule is COc1ccccc1[Si](C)(C)CCl. The molecule has 0 bridgehead atoms. The molecule has 0 aromatic heterocycles. The van der Waals surface area contributed by atoms with Crippen molar-refractivity contribution in [3.8, 4) is 5.75 Å². The van der Waals surface area contributed by atoms with E-state index in [1.165, 1.54) is 5.19 Å². The molecule has 72 valence electrons. The van der Waals surface area contributed by atoms with Crippen molar-refractivity contribution in [2.45, 2.75) is 13.1 Å². The minimum Gasteiger partial charge on any atom is -0.497 e. The monoisotopic (exact) mass is 214 g/mol. The molecule has 0 aliphatic rings. The van der Waals surface area contributed by atoms with Crippen molar-refractivity contribution in [3.63, 3.8) is 0 Å². The number of para-hydroxylation sites is 1. The van der Waals surface area contributed by atoms with E-state index in [0.717, 1.165) is 11.3 Å². The quantitative estimate of drug-likeness (QED) is 0.555. The Balaban J connectivity index is 3.12. The van der Waals surface area contributed by atoms with Crippen LogP contribution in [-0.2, 0) is 0 Å². The maximum Gasteiger partial charge on any atom is 0.118 e. The fourth-order valence-corrected chi connectivity index (χ4v) is 3.25.